The van der Waals surface area contributed by atoms with E-state index in [2.05, 4.69) is 4.74 Å². The number of hydrogen-bond donors (Lipinski definition) is 1. The van der Waals surface area contributed by atoms with E-state index in [1.54, 1.807) is 6.92 Å². The normalized spacial score (nSPS) is 12.1. The molecule has 6 nitrogen and oxygen atoms in total. The highest BCUT2D eigenvalue weighted by molar-refractivity contribution is 5.90. The summed E-state index contributed by atoms with van der Waals surface area (Å²) in [5, 5.41) is 8.23. The Kier molecular flexibility index (Phi) is 7.41. The Morgan fingerprint density at radius 2 is 1.76 bits per heavy atom. The second kappa shape index (κ2) is 8.32. The van der Waals surface area contributed by atoms with Crippen LogP contribution in [0.2, 0.25) is 0 Å². The van der Waals surface area contributed by atoms with Crippen molar-refractivity contribution in [1.82, 2.24) is 0 Å². The van der Waals surface area contributed by atoms with Gasteiger partial charge in [-0.15, -0.1) is 0 Å². The number of aliphatic carboxylic acids is 1. The highest BCUT2D eigenvalue weighted by Crippen LogP contribution is 2.02. The van der Waals surface area contributed by atoms with Crippen LogP contribution in [0.4, 0.5) is 0 Å². The fourth-order valence-corrected chi connectivity index (χ4v) is 0.781. The van der Waals surface area contributed by atoms with Gasteiger partial charge >= 0.3 is 17.9 Å². The van der Waals surface area contributed by atoms with Gasteiger partial charge in [0, 0.05) is 12.2 Å². The zero-order chi connectivity index (χ0) is 13.3. The van der Waals surface area contributed by atoms with E-state index in [9.17, 15) is 14.4 Å². The third kappa shape index (κ3) is 8.01. The van der Waals surface area contributed by atoms with Crippen LogP contribution in [-0.4, -0.2) is 36.2 Å². The smallest absolute Gasteiger partial charge is 0.331 e. The van der Waals surface area contributed by atoms with Crippen molar-refractivity contribution < 1.29 is 29.0 Å². The van der Waals surface area contributed by atoms with Gasteiger partial charge in [0.25, 0.3) is 0 Å². The van der Waals surface area contributed by atoms with Crippen molar-refractivity contribution >= 4 is 17.9 Å². The maximum atomic E-state index is 11.2. The minimum Gasteiger partial charge on any atom is -0.478 e. The van der Waals surface area contributed by atoms with E-state index in [1.807, 2.05) is 6.92 Å². The third-order valence-corrected chi connectivity index (χ3v) is 1.95. The lowest BCUT2D eigenvalue weighted by molar-refractivity contribution is -0.152. The summed E-state index contributed by atoms with van der Waals surface area (Å²) in [5.41, 5.74) is 0. The predicted molar refractivity (Wildman–Crippen MR) is 58.1 cm³/mol. The molecule has 0 aliphatic rings. The van der Waals surface area contributed by atoms with Crippen molar-refractivity contribution in [2.75, 3.05) is 13.2 Å². The van der Waals surface area contributed by atoms with Gasteiger partial charge in [-0.05, 0) is 6.42 Å². The van der Waals surface area contributed by atoms with Crippen LogP contribution in [0.5, 0.6) is 0 Å². The van der Waals surface area contributed by atoms with E-state index in [1.165, 1.54) is 0 Å². The molecule has 0 amide bonds. The van der Waals surface area contributed by atoms with Crippen LogP contribution in [0.1, 0.15) is 20.3 Å². The standard InChI is InChI=1S/C11H16O6/c1-3-8(2)11(15)17-7-6-16-10(14)5-4-9(12)13/h4-5,8H,3,6-7H2,1-2H3,(H,12,13)/b5-4-. The van der Waals surface area contributed by atoms with E-state index < -0.39 is 11.9 Å². The van der Waals surface area contributed by atoms with Crippen LogP contribution in [0.15, 0.2) is 12.2 Å². The van der Waals surface area contributed by atoms with E-state index in [0.717, 1.165) is 6.08 Å². The Bertz CT molecular complexity index is 307. The number of ether oxygens (including phenoxy) is 2. The molecule has 0 aromatic heterocycles. The number of hydrogen-bond acceptors (Lipinski definition) is 5. The van der Waals surface area contributed by atoms with Crippen molar-refractivity contribution in [3.05, 3.63) is 12.2 Å². The Hall–Kier alpha value is -1.85. The van der Waals surface area contributed by atoms with Crippen molar-refractivity contribution in [3.8, 4) is 0 Å². The van der Waals surface area contributed by atoms with Gasteiger partial charge in [0.1, 0.15) is 13.2 Å². The van der Waals surface area contributed by atoms with Gasteiger partial charge in [-0.3, -0.25) is 4.79 Å². The van der Waals surface area contributed by atoms with Crippen LogP contribution in [0.25, 0.3) is 0 Å². The molecule has 1 atom stereocenters. The zero-order valence-electron chi connectivity index (χ0n) is 9.84. The summed E-state index contributed by atoms with van der Waals surface area (Å²) in [4.78, 5) is 32.1. The number of carboxylic acids is 1. The summed E-state index contributed by atoms with van der Waals surface area (Å²) < 4.78 is 9.40. The van der Waals surface area contributed by atoms with Gasteiger partial charge < -0.3 is 14.6 Å². The van der Waals surface area contributed by atoms with Crippen LogP contribution in [-0.2, 0) is 23.9 Å². The van der Waals surface area contributed by atoms with Crippen LogP contribution in [0, 0.1) is 5.92 Å². The summed E-state index contributed by atoms with van der Waals surface area (Å²) >= 11 is 0. The van der Waals surface area contributed by atoms with Gasteiger partial charge in [-0.1, -0.05) is 13.8 Å². The zero-order valence-corrected chi connectivity index (χ0v) is 9.84. The lowest BCUT2D eigenvalue weighted by Crippen LogP contribution is -2.17. The van der Waals surface area contributed by atoms with Crippen LogP contribution in [0.3, 0.4) is 0 Å². The van der Waals surface area contributed by atoms with Gasteiger partial charge in [0.05, 0.1) is 5.92 Å². The Balaban J connectivity index is 3.68. The molecule has 0 saturated carbocycles. The molecule has 1 unspecified atom stereocenters. The van der Waals surface area contributed by atoms with E-state index >= 15 is 0 Å². The Morgan fingerprint density at radius 1 is 1.18 bits per heavy atom. The van der Waals surface area contributed by atoms with Gasteiger partial charge in [-0.2, -0.15) is 0 Å². The van der Waals surface area contributed by atoms with E-state index in [0.29, 0.717) is 12.5 Å². The first-order chi connectivity index (χ1) is 7.97. The molecular weight excluding hydrogens is 228 g/mol. The molecule has 0 aromatic rings. The second-order valence-electron chi connectivity index (χ2n) is 3.32. The van der Waals surface area contributed by atoms with Crippen molar-refractivity contribution in [2.45, 2.75) is 20.3 Å². The van der Waals surface area contributed by atoms with Crippen LogP contribution >= 0.6 is 0 Å². The lowest BCUT2D eigenvalue weighted by atomic mass is 10.1. The minimum absolute atomic E-state index is 0.0319. The molecule has 0 rings (SSSR count). The SMILES string of the molecule is CCC(C)C(=O)OCCOC(=O)/C=C\C(=O)O. The fraction of sp³-hybridized carbons (Fsp3) is 0.545. The molecule has 6 heteroatoms. The Labute approximate surface area is 99.2 Å². The van der Waals surface area contributed by atoms with Gasteiger partial charge in [-0.25, -0.2) is 9.59 Å². The lowest BCUT2D eigenvalue weighted by Gasteiger charge is -2.08. The molecule has 96 valence electrons. The predicted octanol–water partition coefficient (Wildman–Crippen LogP) is 0.760. The van der Waals surface area contributed by atoms with Crippen molar-refractivity contribution in [1.29, 1.82) is 0 Å². The first kappa shape index (κ1) is 15.2. The average Bonchev–Trinajstić information content (AvgIpc) is 2.30. The summed E-state index contributed by atoms with van der Waals surface area (Å²) in [5.74, 6) is -2.54. The van der Waals surface area contributed by atoms with E-state index in [-0.39, 0.29) is 25.1 Å². The van der Waals surface area contributed by atoms with Crippen LogP contribution < -0.4 is 0 Å². The summed E-state index contributed by atoms with van der Waals surface area (Å²) in [7, 11) is 0. The van der Waals surface area contributed by atoms with Gasteiger partial charge in [0.15, 0.2) is 0 Å². The fourth-order valence-electron chi connectivity index (χ4n) is 0.781. The number of rotatable bonds is 7. The molecule has 0 radical (unpaired) electrons. The highest BCUT2D eigenvalue weighted by Gasteiger charge is 2.11. The monoisotopic (exact) mass is 244 g/mol. The molecule has 0 aromatic carbocycles. The van der Waals surface area contributed by atoms with E-state index in [4.69, 9.17) is 9.84 Å². The topological polar surface area (TPSA) is 89.9 Å². The molecule has 0 fully saturated rings. The molecule has 17 heavy (non-hydrogen) atoms. The summed E-state index contributed by atoms with van der Waals surface area (Å²) in [6.07, 6.45) is 2.15. The largest absolute Gasteiger partial charge is 0.478 e. The molecule has 0 heterocycles. The molecule has 1 N–H and O–H groups in total. The number of carbonyl (C=O) groups excluding carboxylic acids is 2. The van der Waals surface area contributed by atoms with Crippen molar-refractivity contribution in [3.63, 3.8) is 0 Å². The summed E-state index contributed by atoms with van der Waals surface area (Å²) in [6, 6.07) is 0. The second-order valence-corrected chi connectivity index (χ2v) is 3.32. The number of esters is 2. The minimum atomic E-state index is -1.23. The summed E-state index contributed by atoms with van der Waals surface area (Å²) in [6.45, 7) is 3.48. The maximum Gasteiger partial charge on any atom is 0.331 e. The highest BCUT2D eigenvalue weighted by atomic mass is 16.6. The first-order valence-electron chi connectivity index (χ1n) is 5.21. The first-order valence-corrected chi connectivity index (χ1v) is 5.21. The molecule has 0 spiro atoms. The number of carbonyl (C=O) groups is 3. The molecule has 0 saturated heterocycles. The Morgan fingerprint density at radius 3 is 2.29 bits per heavy atom. The molecule has 0 aliphatic heterocycles. The quantitative estimate of drug-likeness (QED) is 0.404. The molecule has 0 aliphatic carbocycles. The van der Waals surface area contributed by atoms with Crippen molar-refractivity contribution in [2.24, 2.45) is 5.92 Å². The molecule has 0 bridgehead atoms. The maximum absolute atomic E-state index is 11.2. The average molecular weight is 244 g/mol. The number of carboxylic acid groups (broad SMARTS) is 1. The van der Waals surface area contributed by atoms with Gasteiger partial charge in [0.2, 0.25) is 0 Å². The third-order valence-electron chi connectivity index (χ3n) is 1.95. The molecular formula is C11H16O6.